The van der Waals surface area contributed by atoms with Gasteiger partial charge in [0.1, 0.15) is 12.4 Å². The van der Waals surface area contributed by atoms with Crippen molar-refractivity contribution in [3.63, 3.8) is 0 Å². The first-order valence-electron chi connectivity index (χ1n) is 11.6. The van der Waals surface area contributed by atoms with Gasteiger partial charge in [0.05, 0.1) is 31.7 Å². The molecule has 36 heavy (non-hydrogen) atoms. The van der Waals surface area contributed by atoms with Gasteiger partial charge in [0.2, 0.25) is 5.75 Å². The van der Waals surface area contributed by atoms with Crippen LogP contribution < -0.4 is 19.8 Å². The Hall–Kier alpha value is -4.33. The molecule has 8 heteroatoms. The molecule has 1 amide bonds. The molecule has 0 unspecified atom stereocenters. The number of aromatic amines is 1. The van der Waals surface area contributed by atoms with Crippen LogP contribution in [0.25, 0.3) is 10.9 Å². The van der Waals surface area contributed by atoms with Crippen molar-refractivity contribution in [3.05, 3.63) is 94.0 Å². The largest absolute Gasteiger partial charge is 0.493 e. The maximum Gasteiger partial charge on any atom is 0.258 e. The molecule has 3 aromatic carbocycles. The van der Waals surface area contributed by atoms with E-state index in [1.54, 1.807) is 35.2 Å². The van der Waals surface area contributed by atoms with Crippen LogP contribution in [0.5, 0.6) is 17.2 Å². The van der Waals surface area contributed by atoms with Gasteiger partial charge < -0.3 is 24.1 Å². The second kappa shape index (κ2) is 10.9. The van der Waals surface area contributed by atoms with Crippen LogP contribution in [0.1, 0.15) is 35.6 Å². The number of ether oxygens (including phenoxy) is 3. The molecule has 0 fully saturated rings. The Balaban J connectivity index is 1.63. The normalized spacial score (nSPS) is 10.9. The maximum absolute atomic E-state index is 13.6. The minimum atomic E-state index is -0.257. The number of hydrogen-bond donors (Lipinski definition) is 1. The van der Waals surface area contributed by atoms with E-state index < -0.39 is 0 Å². The predicted molar refractivity (Wildman–Crippen MR) is 138 cm³/mol. The number of amides is 1. The van der Waals surface area contributed by atoms with Gasteiger partial charge in [-0.2, -0.15) is 0 Å². The van der Waals surface area contributed by atoms with Crippen molar-refractivity contribution in [2.75, 3.05) is 14.2 Å². The molecular weight excluding hydrogens is 458 g/mol. The number of fused-ring (bicyclic) bond motifs is 1. The second-order valence-corrected chi connectivity index (χ2v) is 8.54. The Kier molecular flexibility index (Phi) is 7.53. The fraction of sp³-hybridized carbons (Fsp3) is 0.250. The van der Waals surface area contributed by atoms with E-state index in [0.717, 1.165) is 5.56 Å². The fourth-order valence-corrected chi connectivity index (χ4v) is 3.90. The van der Waals surface area contributed by atoms with Gasteiger partial charge in [0, 0.05) is 11.6 Å². The summed E-state index contributed by atoms with van der Waals surface area (Å²) in [5.41, 5.74) is 1.70. The van der Waals surface area contributed by atoms with Crippen molar-refractivity contribution in [2.45, 2.75) is 33.0 Å². The second-order valence-electron chi connectivity index (χ2n) is 8.54. The Morgan fingerprint density at radius 3 is 2.25 bits per heavy atom. The van der Waals surface area contributed by atoms with E-state index in [4.69, 9.17) is 14.2 Å². The van der Waals surface area contributed by atoms with Gasteiger partial charge in [-0.25, -0.2) is 4.98 Å². The molecule has 1 aromatic heterocycles. The molecule has 4 aromatic rings. The zero-order valence-electron chi connectivity index (χ0n) is 20.8. The van der Waals surface area contributed by atoms with E-state index in [-0.39, 0.29) is 24.1 Å². The van der Waals surface area contributed by atoms with E-state index in [0.29, 0.717) is 46.1 Å². The van der Waals surface area contributed by atoms with Gasteiger partial charge in [-0.1, -0.05) is 42.5 Å². The molecule has 1 heterocycles. The molecule has 0 spiro atoms. The highest BCUT2D eigenvalue weighted by atomic mass is 16.5. The first kappa shape index (κ1) is 24.8. The van der Waals surface area contributed by atoms with Gasteiger partial charge in [-0.15, -0.1) is 0 Å². The quantitative estimate of drug-likeness (QED) is 0.372. The number of benzene rings is 3. The lowest BCUT2D eigenvalue weighted by Crippen LogP contribution is -2.37. The molecule has 0 aliphatic carbocycles. The Morgan fingerprint density at radius 1 is 0.972 bits per heavy atom. The summed E-state index contributed by atoms with van der Waals surface area (Å²) < 4.78 is 17.1. The van der Waals surface area contributed by atoms with E-state index in [2.05, 4.69) is 9.97 Å². The number of nitrogens with one attached hydrogen (secondary N) is 1. The van der Waals surface area contributed by atoms with Crippen molar-refractivity contribution in [2.24, 2.45) is 0 Å². The van der Waals surface area contributed by atoms with Crippen LogP contribution >= 0.6 is 0 Å². The SMILES string of the molecule is COc1cc(C(=O)N(Cc2nc3ccccc3c(=O)[nH]2)C(C)C)cc(OC)c1OCc1ccccc1. The van der Waals surface area contributed by atoms with E-state index in [9.17, 15) is 9.59 Å². The summed E-state index contributed by atoms with van der Waals surface area (Å²) in [6.45, 7) is 4.26. The summed E-state index contributed by atoms with van der Waals surface area (Å²) in [6, 6.07) is 19.9. The van der Waals surface area contributed by atoms with Crippen LogP contribution in [-0.4, -0.2) is 41.0 Å². The smallest absolute Gasteiger partial charge is 0.258 e. The zero-order valence-corrected chi connectivity index (χ0v) is 20.8. The first-order chi connectivity index (χ1) is 17.4. The molecule has 0 aliphatic rings. The highest BCUT2D eigenvalue weighted by Gasteiger charge is 2.24. The number of carbonyl (C=O) groups excluding carboxylic acids is 1. The average Bonchev–Trinajstić information content (AvgIpc) is 2.90. The number of hydrogen-bond acceptors (Lipinski definition) is 6. The summed E-state index contributed by atoms with van der Waals surface area (Å²) in [5.74, 6) is 1.33. The fourth-order valence-electron chi connectivity index (χ4n) is 3.90. The van der Waals surface area contributed by atoms with Crippen LogP contribution in [0.2, 0.25) is 0 Å². The molecule has 0 radical (unpaired) electrons. The monoisotopic (exact) mass is 487 g/mol. The zero-order chi connectivity index (χ0) is 25.7. The third kappa shape index (κ3) is 5.33. The van der Waals surface area contributed by atoms with Gasteiger partial charge in [-0.3, -0.25) is 9.59 Å². The summed E-state index contributed by atoms with van der Waals surface area (Å²) in [5, 5.41) is 0.504. The number of nitrogens with zero attached hydrogens (tertiary/aromatic N) is 2. The number of aromatic nitrogens is 2. The highest BCUT2D eigenvalue weighted by Crippen LogP contribution is 2.39. The Labute approximate surface area is 209 Å². The molecule has 1 N–H and O–H groups in total. The topological polar surface area (TPSA) is 93.8 Å². The molecule has 0 saturated heterocycles. The highest BCUT2D eigenvalue weighted by molar-refractivity contribution is 5.96. The van der Waals surface area contributed by atoms with E-state index in [1.165, 1.54) is 14.2 Å². The number of H-pyrrole nitrogens is 1. The number of para-hydroxylation sites is 1. The molecule has 186 valence electrons. The molecule has 4 rings (SSSR count). The molecule has 0 atom stereocenters. The van der Waals surface area contributed by atoms with Crippen molar-refractivity contribution < 1.29 is 19.0 Å². The van der Waals surface area contributed by atoms with Gasteiger partial charge >= 0.3 is 0 Å². The number of methoxy groups -OCH3 is 2. The van der Waals surface area contributed by atoms with Crippen molar-refractivity contribution in [1.82, 2.24) is 14.9 Å². The lowest BCUT2D eigenvalue weighted by atomic mass is 10.1. The van der Waals surface area contributed by atoms with Crippen molar-refractivity contribution in [3.8, 4) is 17.2 Å². The average molecular weight is 488 g/mol. The van der Waals surface area contributed by atoms with Gasteiger partial charge in [0.25, 0.3) is 11.5 Å². The molecule has 0 aliphatic heterocycles. The van der Waals surface area contributed by atoms with E-state index in [1.807, 2.05) is 50.2 Å². The summed E-state index contributed by atoms with van der Waals surface area (Å²) >= 11 is 0. The molecule has 0 saturated carbocycles. The minimum Gasteiger partial charge on any atom is -0.493 e. The molecular formula is C28H29N3O5. The molecule has 8 nitrogen and oxygen atoms in total. The Bertz CT molecular complexity index is 1390. The molecule has 0 bridgehead atoms. The summed E-state index contributed by atoms with van der Waals surface area (Å²) in [7, 11) is 3.03. The number of carbonyl (C=O) groups is 1. The predicted octanol–water partition coefficient (Wildman–Crippen LogP) is 4.57. The Morgan fingerprint density at radius 2 is 1.61 bits per heavy atom. The lowest BCUT2D eigenvalue weighted by molar-refractivity contribution is 0.0684. The van der Waals surface area contributed by atoms with Gasteiger partial charge in [-0.05, 0) is 43.7 Å². The maximum atomic E-state index is 13.6. The van der Waals surface area contributed by atoms with Crippen LogP contribution in [0.15, 0.2) is 71.5 Å². The van der Waals surface area contributed by atoms with Crippen molar-refractivity contribution >= 4 is 16.8 Å². The van der Waals surface area contributed by atoms with Crippen molar-refractivity contribution in [1.29, 1.82) is 0 Å². The van der Waals surface area contributed by atoms with Crippen LogP contribution in [0.4, 0.5) is 0 Å². The van der Waals surface area contributed by atoms with Crippen LogP contribution in [0, 0.1) is 0 Å². The van der Waals surface area contributed by atoms with Crippen LogP contribution in [-0.2, 0) is 13.2 Å². The summed E-state index contributed by atoms with van der Waals surface area (Å²) in [6.07, 6.45) is 0. The standard InChI is InChI=1S/C28H29N3O5/c1-18(2)31(16-25-29-22-13-9-8-12-21(22)27(32)30-25)28(33)20-14-23(34-3)26(24(15-20)35-4)36-17-19-10-6-5-7-11-19/h5-15,18H,16-17H2,1-4H3,(H,29,30,32). The minimum absolute atomic E-state index is 0.132. The summed E-state index contributed by atoms with van der Waals surface area (Å²) in [4.78, 5) is 35.1. The third-order valence-corrected chi connectivity index (χ3v) is 5.80. The number of rotatable bonds is 9. The van der Waals surface area contributed by atoms with Gasteiger partial charge in [0.15, 0.2) is 11.5 Å². The first-order valence-corrected chi connectivity index (χ1v) is 11.6. The third-order valence-electron chi connectivity index (χ3n) is 5.80. The van der Waals surface area contributed by atoms with E-state index >= 15 is 0 Å². The lowest BCUT2D eigenvalue weighted by Gasteiger charge is -2.27. The van der Waals surface area contributed by atoms with Crippen LogP contribution in [0.3, 0.4) is 0 Å².